The van der Waals surface area contributed by atoms with E-state index in [9.17, 15) is 18.8 Å². The third kappa shape index (κ3) is 2.50. The first-order chi connectivity index (χ1) is 11.4. The predicted molar refractivity (Wildman–Crippen MR) is 83.7 cm³/mol. The number of halogens is 2. The lowest BCUT2D eigenvalue weighted by Crippen LogP contribution is -2.34. The van der Waals surface area contributed by atoms with Crippen molar-refractivity contribution >= 4 is 11.8 Å². The maximum Gasteiger partial charge on any atom is 0.272 e. The van der Waals surface area contributed by atoms with Gasteiger partial charge in [0.05, 0.1) is 19.0 Å². The Morgan fingerprint density at radius 2 is 2.21 bits per heavy atom. The third-order valence-electron chi connectivity index (χ3n) is 4.20. The van der Waals surface area contributed by atoms with Crippen molar-refractivity contribution in [2.45, 2.75) is 23.6 Å². The minimum absolute atomic E-state index is 0.0628. The molecule has 1 saturated heterocycles. The van der Waals surface area contributed by atoms with Crippen LogP contribution in [0.5, 0.6) is 0 Å². The first-order valence-corrected chi connectivity index (χ1v) is 8.32. The summed E-state index contributed by atoms with van der Waals surface area (Å²) >= 11 is 1.20. The van der Waals surface area contributed by atoms with E-state index in [1.54, 1.807) is 13.2 Å². The molecule has 1 aromatic heterocycles. The average molecular weight is 349 g/mol. The number of thioether (sulfide) groups is 1. The van der Waals surface area contributed by atoms with Crippen molar-refractivity contribution in [1.29, 1.82) is 5.26 Å². The van der Waals surface area contributed by atoms with E-state index < -0.39 is 28.8 Å². The summed E-state index contributed by atoms with van der Waals surface area (Å²) in [4.78, 5) is 16.7. The second-order valence-corrected chi connectivity index (χ2v) is 6.23. The minimum atomic E-state index is -1.07. The summed E-state index contributed by atoms with van der Waals surface area (Å²) in [6.07, 6.45) is 3.04. The summed E-state index contributed by atoms with van der Waals surface area (Å²) in [5.74, 6) is -1.42. The van der Waals surface area contributed by atoms with Crippen molar-refractivity contribution in [2.75, 3.05) is 12.9 Å². The van der Waals surface area contributed by atoms with Crippen LogP contribution in [0.3, 0.4) is 0 Å². The molecule has 2 aromatic rings. The maximum absolute atomic E-state index is 14.1. The lowest BCUT2D eigenvalue weighted by molar-refractivity contribution is 0.220. The number of epoxide rings is 1. The number of benzene rings is 1. The highest BCUT2D eigenvalue weighted by atomic mass is 32.2. The molecule has 0 bridgehead atoms. The monoisotopic (exact) mass is 349 g/mol. The molecule has 2 atom stereocenters. The zero-order chi connectivity index (χ0) is 17.5. The van der Waals surface area contributed by atoms with Crippen molar-refractivity contribution in [3.63, 3.8) is 0 Å². The van der Waals surface area contributed by atoms with Gasteiger partial charge in [-0.15, -0.1) is 11.8 Å². The van der Waals surface area contributed by atoms with E-state index in [2.05, 4.69) is 4.98 Å². The summed E-state index contributed by atoms with van der Waals surface area (Å²) in [7, 11) is 0. The van der Waals surface area contributed by atoms with Gasteiger partial charge in [-0.1, -0.05) is 6.07 Å². The number of nitriles is 1. The summed E-state index contributed by atoms with van der Waals surface area (Å²) in [6, 6.07) is 4.49. The highest BCUT2D eigenvalue weighted by molar-refractivity contribution is 7.98. The molecular formula is C16H13F2N3O2S. The molecule has 0 saturated carbocycles. The van der Waals surface area contributed by atoms with Crippen LogP contribution in [0.2, 0.25) is 0 Å². The van der Waals surface area contributed by atoms with Crippen LogP contribution < -0.4 is 5.56 Å². The van der Waals surface area contributed by atoms with Gasteiger partial charge >= 0.3 is 0 Å². The predicted octanol–water partition coefficient (Wildman–Crippen LogP) is 2.60. The molecule has 124 valence electrons. The first kappa shape index (κ1) is 16.6. The Morgan fingerprint density at radius 1 is 1.50 bits per heavy atom. The largest absolute Gasteiger partial charge is 0.362 e. The number of hydrogen-bond acceptors (Lipinski definition) is 5. The van der Waals surface area contributed by atoms with E-state index in [4.69, 9.17) is 4.74 Å². The van der Waals surface area contributed by atoms with Crippen LogP contribution in [-0.4, -0.2) is 22.4 Å². The van der Waals surface area contributed by atoms with E-state index in [-0.39, 0.29) is 17.7 Å². The molecule has 1 aromatic carbocycles. The summed E-state index contributed by atoms with van der Waals surface area (Å²) in [5.41, 5.74) is -1.47. The molecule has 1 aliphatic heterocycles. The molecule has 3 rings (SSSR count). The fourth-order valence-corrected chi connectivity index (χ4v) is 3.22. The summed E-state index contributed by atoms with van der Waals surface area (Å²) < 4.78 is 34.0. The quantitative estimate of drug-likeness (QED) is 0.482. The second-order valence-electron chi connectivity index (χ2n) is 5.43. The van der Waals surface area contributed by atoms with Crippen LogP contribution in [0.4, 0.5) is 8.78 Å². The zero-order valence-corrected chi connectivity index (χ0v) is 13.7. The van der Waals surface area contributed by atoms with Gasteiger partial charge in [0, 0.05) is 11.6 Å². The fraction of sp³-hybridized carbons (Fsp3) is 0.312. The standard InChI is InChI=1S/C16H13F2N3O2S/c1-9(21-8-20-14(24-2)11(6-19)15(21)22)16(7-23-16)12-4-3-10(17)5-13(12)18/h3-5,8-9H,7H2,1-2H3/t9-,16-/m1/s1. The van der Waals surface area contributed by atoms with Crippen molar-refractivity contribution in [1.82, 2.24) is 9.55 Å². The molecule has 2 heterocycles. The Morgan fingerprint density at radius 3 is 2.75 bits per heavy atom. The van der Waals surface area contributed by atoms with E-state index >= 15 is 0 Å². The van der Waals surface area contributed by atoms with Gasteiger partial charge in [-0.2, -0.15) is 5.26 Å². The van der Waals surface area contributed by atoms with Crippen molar-refractivity contribution in [2.24, 2.45) is 0 Å². The molecule has 5 nitrogen and oxygen atoms in total. The Bertz CT molecular complexity index is 903. The van der Waals surface area contributed by atoms with Gasteiger partial charge < -0.3 is 4.74 Å². The molecule has 8 heteroatoms. The molecule has 0 amide bonds. The summed E-state index contributed by atoms with van der Waals surface area (Å²) in [6.45, 7) is 1.87. The highest BCUT2D eigenvalue weighted by Crippen LogP contribution is 2.48. The average Bonchev–Trinajstić information content (AvgIpc) is 3.35. The van der Waals surface area contributed by atoms with Crippen LogP contribution in [0.15, 0.2) is 34.3 Å². The van der Waals surface area contributed by atoms with Gasteiger partial charge in [-0.25, -0.2) is 13.8 Å². The lowest BCUT2D eigenvalue weighted by atomic mass is 9.92. The zero-order valence-electron chi connectivity index (χ0n) is 12.9. The van der Waals surface area contributed by atoms with Crippen LogP contribution in [-0.2, 0) is 10.3 Å². The maximum atomic E-state index is 14.1. The van der Waals surface area contributed by atoms with Crippen molar-refractivity contribution in [3.05, 3.63) is 57.6 Å². The van der Waals surface area contributed by atoms with Gasteiger partial charge in [-0.05, 0) is 19.2 Å². The van der Waals surface area contributed by atoms with Crippen molar-refractivity contribution in [3.8, 4) is 6.07 Å². The molecule has 0 N–H and O–H groups in total. The fourth-order valence-electron chi connectivity index (χ4n) is 2.74. The van der Waals surface area contributed by atoms with Crippen LogP contribution in [0.25, 0.3) is 0 Å². The minimum Gasteiger partial charge on any atom is -0.362 e. The first-order valence-electron chi connectivity index (χ1n) is 7.09. The van der Waals surface area contributed by atoms with E-state index in [0.29, 0.717) is 5.03 Å². The van der Waals surface area contributed by atoms with Crippen LogP contribution >= 0.6 is 11.8 Å². The molecule has 0 radical (unpaired) electrons. The number of aromatic nitrogens is 2. The van der Waals surface area contributed by atoms with Crippen LogP contribution in [0.1, 0.15) is 24.1 Å². The molecule has 24 heavy (non-hydrogen) atoms. The van der Waals surface area contributed by atoms with Crippen LogP contribution in [0, 0.1) is 23.0 Å². The number of rotatable bonds is 4. The smallest absolute Gasteiger partial charge is 0.272 e. The molecular weight excluding hydrogens is 336 g/mol. The number of hydrogen-bond donors (Lipinski definition) is 0. The lowest BCUT2D eigenvalue weighted by Gasteiger charge is -2.23. The molecule has 1 aliphatic rings. The normalized spacial score (nSPS) is 20.5. The van der Waals surface area contributed by atoms with Gasteiger partial charge in [0.1, 0.15) is 33.9 Å². The molecule has 0 spiro atoms. The topological polar surface area (TPSA) is 71.2 Å². The third-order valence-corrected chi connectivity index (χ3v) is 4.90. The van der Waals surface area contributed by atoms with E-state index in [1.165, 1.54) is 28.7 Å². The van der Waals surface area contributed by atoms with E-state index in [1.807, 2.05) is 6.07 Å². The van der Waals surface area contributed by atoms with Gasteiger partial charge in [0.25, 0.3) is 5.56 Å². The van der Waals surface area contributed by atoms with Gasteiger partial charge in [0.15, 0.2) is 0 Å². The summed E-state index contributed by atoms with van der Waals surface area (Å²) in [5, 5.41) is 9.53. The highest BCUT2D eigenvalue weighted by Gasteiger charge is 2.54. The van der Waals surface area contributed by atoms with E-state index in [0.717, 1.165) is 12.1 Å². The van der Waals surface area contributed by atoms with Crippen molar-refractivity contribution < 1.29 is 13.5 Å². The second kappa shape index (κ2) is 6.00. The Kier molecular flexibility index (Phi) is 4.15. The Labute approximate surface area is 140 Å². The van der Waals surface area contributed by atoms with Gasteiger partial charge in [0.2, 0.25) is 0 Å². The number of ether oxygens (including phenoxy) is 1. The Hall–Kier alpha value is -2.24. The number of nitrogens with zero attached hydrogens (tertiary/aromatic N) is 3. The molecule has 0 aliphatic carbocycles. The SMILES string of the molecule is CSc1ncn([C@H](C)[C@@]2(c3ccc(F)cc3F)CO2)c(=O)c1C#N. The van der Waals surface area contributed by atoms with Gasteiger partial charge in [-0.3, -0.25) is 9.36 Å². The Balaban J connectivity index is 2.08. The molecule has 1 fully saturated rings. The molecule has 0 unspecified atom stereocenters.